The maximum atomic E-state index is 12.5. The van der Waals surface area contributed by atoms with Crippen LogP contribution in [0.1, 0.15) is 40.0 Å². The highest BCUT2D eigenvalue weighted by molar-refractivity contribution is 5.87. The van der Waals surface area contributed by atoms with Crippen LogP contribution in [0.25, 0.3) is 0 Å². The number of anilines is 2. The molecule has 1 aromatic rings. The number of fused-ring (bicyclic) bond motifs is 1. The Kier molecular flexibility index (Phi) is 5.48. The third-order valence-electron chi connectivity index (χ3n) is 4.28. The molecule has 1 aliphatic heterocycles. The molecule has 1 heterocycles. The number of hydrogen-bond acceptors (Lipinski definition) is 3. The van der Waals surface area contributed by atoms with Crippen molar-refractivity contribution in [3.63, 3.8) is 0 Å². The van der Waals surface area contributed by atoms with Crippen LogP contribution in [0.3, 0.4) is 0 Å². The maximum absolute atomic E-state index is 12.5. The standard InChI is InChI=1S/C17H27N3O/c1-4-14(5-2)19-17(21)13(3)20-12-8-11-18-15-9-6-7-10-16(15)20/h6-7,9-10,13-14,18H,4-5,8,11-12H2,1-3H3,(H,19,21). The minimum atomic E-state index is -0.147. The van der Waals surface area contributed by atoms with Gasteiger partial charge in [0.1, 0.15) is 6.04 Å². The molecular formula is C17H27N3O. The van der Waals surface area contributed by atoms with Crippen LogP contribution in [0.5, 0.6) is 0 Å². The van der Waals surface area contributed by atoms with Gasteiger partial charge < -0.3 is 15.5 Å². The van der Waals surface area contributed by atoms with E-state index in [-0.39, 0.29) is 18.0 Å². The molecule has 4 nitrogen and oxygen atoms in total. The van der Waals surface area contributed by atoms with E-state index in [1.54, 1.807) is 0 Å². The van der Waals surface area contributed by atoms with Crippen LogP contribution in [0, 0.1) is 0 Å². The molecule has 2 N–H and O–H groups in total. The molecule has 0 fully saturated rings. The van der Waals surface area contributed by atoms with Gasteiger partial charge in [-0.15, -0.1) is 0 Å². The lowest BCUT2D eigenvalue weighted by atomic mass is 10.1. The van der Waals surface area contributed by atoms with Crippen LogP contribution in [0.15, 0.2) is 24.3 Å². The van der Waals surface area contributed by atoms with E-state index in [0.717, 1.165) is 43.7 Å². The Bertz CT molecular complexity index is 471. The normalized spacial score (nSPS) is 15.9. The number of carbonyl (C=O) groups excluding carboxylic acids is 1. The Morgan fingerprint density at radius 3 is 2.76 bits per heavy atom. The first-order valence-electron chi connectivity index (χ1n) is 8.07. The Labute approximate surface area is 127 Å². The van der Waals surface area contributed by atoms with Crippen LogP contribution in [0.2, 0.25) is 0 Å². The zero-order valence-corrected chi connectivity index (χ0v) is 13.4. The molecule has 0 saturated carbocycles. The number of carbonyl (C=O) groups is 1. The van der Waals surface area contributed by atoms with Crippen LogP contribution >= 0.6 is 0 Å². The lowest BCUT2D eigenvalue weighted by Gasteiger charge is -2.31. The summed E-state index contributed by atoms with van der Waals surface area (Å²) in [4.78, 5) is 14.7. The molecule has 0 aromatic heterocycles. The second-order valence-corrected chi connectivity index (χ2v) is 5.69. The highest BCUT2D eigenvalue weighted by Crippen LogP contribution is 2.29. The lowest BCUT2D eigenvalue weighted by molar-refractivity contribution is -0.122. The molecule has 0 aliphatic carbocycles. The fourth-order valence-electron chi connectivity index (χ4n) is 2.82. The average molecular weight is 289 g/mol. The molecule has 1 aliphatic rings. The summed E-state index contributed by atoms with van der Waals surface area (Å²) in [5.74, 6) is 0.125. The molecule has 1 unspecified atom stereocenters. The van der Waals surface area contributed by atoms with E-state index in [4.69, 9.17) is 0 Å². The topological polar surface area (TPSA) is 44.4 Å². The molecule has 0 bridgehead atoms. The molecule has 116 valence electrons. The van der Waals surface area contributed by atoms with Gasteiger partial charge in [0.2, 0.25) is 5.91 Å². The third-order valence-corrected chi connectivity index (χ3v) is 4.28. The minimum absolute atomic E-state index is 0.125. The number of amides is 1. The number of nitrogens with one attached hydrogen (secondary N) is 2. The van der Waals surface area contributed by atoms with Gasteiger partial charge in [-0.2, -0.15) is 0 Å². The molecule has 0 radical (unpaired) electrons. The molecule has 21 heavy (non-hydrogen) atoms. The van der Waals surface area contributed by atoms with Crippen LogP contribution in [-0.2, 0) is 4.79 Å². The van der Waals surface area contributed by atoms with Crippen molar-refractivity contribution in [2.75, 3.05) is 23.3 Å². The number of benzene rings is 1. The monoisotopic (exact) mass is 289 g/mol. The maximum Gasteiger partial charge on any atom is 0.242 e. The molecule has 1 aromatic carbocycles. The molecule has 0 saturated heterocycles. The number of nitrogens with zero attached hydrogens (tertiary/aromatic N) is 1. The number of rotatable bonds is 5. The summed E-state index contributed by atoms with van der Waals surface area (Å²) >= 11 is 0. The predicted molar refractivity (Wildman–Crippen MR) is 88.9 cm³/mol. The van der Waals surface area contributed by atoms with Crippen molar-refractivity contribution < 1.29 is 4.79 Å². The van der Waals surface area contributed by atoms with Crippen molar-refractivity contribution in [2.24, 2.45) is 0 Å². The molecule has 4 heteroatoms. The van der Waals surface area contributed by atoms with Crippen molar-refractivity contribution in [3.05, 3.63) is 24.3 Å². The summed E-state index contributed by atoms with van der Waals surface area (Å²) in [6.07, 6.45) is 3.00. The van der Waals surface area contributed by atoms with Gasteiger partial charge in [0.25, 0.3) is 0 Å². The zero-order valence-electron chi connectivity index (χ0n) is 13.4. The van der Waals surface area contributed by atoms with E-state index in [1.807, 2.05) is 19.1 Å². The van der Waals surface area contributed by atoms with Gasteiger partial charge in [0.05, 0.1) is 11.4 Å². The van der Waals surface area contributed by atoms with E-state index in [2.05, 4.69) is 41.5 Å². The van der Waals surface area contributed by atoms with Crippen molar-refractivity contribution in [1.29, 1.82) is 0 Å². The molecule has 0 spiro atoms. The van der Waals surface area contributed by atoms with Gasteiger partial charge in [0.15, 0.2) is 0 Å². The number of hydrogen-bond donors (Lipinski definition) is 2. The molecular weight excluding hydrogens is 262 g/mol. The average Bonchev–Trinajstić information content (AvgIpc) is 2.74. The predicted octanol–water partition coefficient (Wildman–Crippen LogP) is 3.00. The van der Waals surface area contributed by atoms with E-state index < -0.39 is 0 Å². The fraction of sp³-hybridized carbons (Fsp3) is 0.588. The van der Waals surface area contributed by atoms with Gasteiger partial charge in [-0.3, -0.25) is 4.79 Å². The van der Waals surface area contributed by atoms with Gasteiger partial charge in [-0.1, -0.05) is 26.0 Å². The van der Waals surface area contributed by atoms with Crippen LogP contribution in [0.4, 0.5) is 11.4 Å². The summed E-state index contributed by atoms with van der Waals surface area (Å²) < 4.78 is 0. The van der Waals surface area contributed by atoms with Crippen LogP contribution < -0.4 is 15.5 Å². The van der Waals surface area contributed by atoms with E-state index in [0.29, 0.717) is 0 Å². The SMILES string of the molecule is CCC(CC)NC(=O)C(C)N1CCCNc2ccccc21. The Hall–Kier alpha value is -1.71. The third kappa shape index (κ3) is 3.69. The summed E-state index contributed by atoms with van der Waals surface area (Å²) in [6.45, 7) is 8.09. The van der Waals surface area contributed by atoms with Gasteiger partial charge in [0, 0.05) is 19.1 Å². The highest BCUT2D eigenvalue weighted by atomic mass is 16.2. The van der Waals surface area contributed by atoms with E-state index in [9.17, 15) is 4.79 Å². The smallest absolute Gasteiger partial charge is 0.242 e. The van der Waals surface area contributed by atoms with Crippen LogP contribution in [-0.4, -0.2) is 31.1 Å². The molecule has 2 rings (SSSR count). The van der Waals surface area contributed by atoms with E-state index >= 15 is 0 Å². The number of para-hydroxylation sites is 2. The Morgan fingerprint density at radius 1 is 1.33 bits per heavy atom. The lowest BCUT2D eigenvalue weighted by Crippen LogP contribution is -2.48. The summed E-state index contributed by atoms with van der Waals surface area (Å²) in [6, 6.07) is 8.37. The molecule has 1 atom stereocenters. The second-order valence-electron chi connectivity index (χ2n) is 5.69. The van der Waals surface area contributed by atoms with Crippen molar-refractivity contribution in [1.82, 2.24) is 5.32 Å². The van der Waals surface area contributed by atoms with Crippen molar-refractivity contribution >= 4 is 17.3 Å². The first kappa shape index (κ1) is 15.7. The largest absolute Gasteiger partial charge is 0.383 e. The zero-order chi connectivity index (χ0) is 15.2. The highest BCUT2D eigenvalue weighted by Gasteiger charge is 2.25. The fourth-order valence-corrected chi connectivity index (χ4v) is 2.82. The first-order chi connectivity index (χ1) is 10.2. The Morgan fingerprint density at radius 2 is 2.05 bits per heavy atom. The summed E-state index contributed by atoms with van der Waals surface area (Å²) in [7, 11) is 0. The Balaban J connectivity index is 2.14. The first-order valence-corrected chi connectivity index (χ1v) is 8.07. The summed E-state index contributed by atoms with van der Waals surface area (Å²) in [5.41, 5.74) is 2.25. The van der Waals surface area contributed by atoms with Gasteiger partial charge in [-0.25, -0.2) is 0 Å². The quantitative estimate of drug-likeness (QED) is 0.876. The van der Waals surface area contributed by atoms with E-state index in [1.165, 1.54) is 0 Å². The van der Waals surface area contributed by atoms with Crippen molar-refractivity contribution in [3.8, 4) is 0 Å². The van der Waals surface area contributed by atoms with Crippen molar-refractivity contribution in [2.45, 2.75) is 52.1 Å². The molecule has 1 amide bonds. The van der Waals surface area contributed by atoms with Gasteiger partial charge >= 0.3 is 0 Å². The second kappa shape index (κ2) is 7.34. The van der Waals surface area contributed by atoms with Gasteiger partial charge in [-0.05, 0) is 38.3 Å². The summed E-state index contributed by atoms with van der Waals surface area (Å²) in [5, 5.41) is 6.60. The minimum Gasteiger partial charge on any atom is -0.383 e.